The van der Waals surface area contributed by atoms with Crippen LogP contribution in [0.3, 0.4) is 0 Å². The lowest BCUT2D eigenvalue weighted by molar-refractivity contribution is 1.34. The maximum Gasteiger partial charge on any atom is 0.204 e. The van der Waals surface area contributed by atoms with Gasteiger partial charge in [-0.3, -0.25) is 0 Å². The van der Waals surface area contributed by atoms with Gasteiger partial charge >= 0.3 is 0 Å². The molecule has 0 saturated carbocycles. The lowest BCUT2D eigenvalue weighted by Crippen LogP contribution is -2.27. The number of benzene rings is 2. The molecule has 0 saturated heterocycles. The van der Waals surface area contributed by atoms with Gasteiger partial charge in [-0.2, -0.15) is 11.1 Å². The molecular weight excluding hydrogens is 244 g/mol. The molecule has 0 spiro atoms. The molecule has 0 aliphatic carbocycles. The van der Waals surface area contributed by atoms with Crippen molar-refractivity contribution in [1.82, 2.24) is 0 Å². The van der Waals surface area contributed by atoms with Crippen LogP contribution in [0, 0.1) is 13.8 Å². The predicted molar refractivity (Wildman–Crippen MR) is 77.3 cm³/mol. The first kappa shape index (κ1) is 12.4. The molecule has 0 amide bonds. The fourth-order valence-electron chi connectivity index (χ4n) is 1.79. The minimum Gasteiger partial charge on any atom is -0.162 e. The monoisotopic (exact) mass is 259 g/mol. The Bertz CT molecular complexity index is 494. The zero-order chi connectivity index (χ0) is 12.3. The standard InChI is InChI=1S/C15H16ClSi/c1-12-8-9-15(10-13(12)2)17(16)11-14-6-4-3-5-7-14/h3-10H,11H2,1-2H3. The molecule has 87 valence electrons. The molecule has 0 aromatic heterocycles. The molecule has 1 radical (unpaired) electrons. The van der Waals surface area contributed by atoms with E-state index in [2.05, 4.69) is 56.3 Å². The Morgan fingerprint density at radius 2 is 1.65 bits per heavy atom. The number of hydrogen-bond acceptors (Lipinski definition) is 0. The van der Waals surface area contributed by atoms with Crippen molar-refractivity contribution >= 4 is 24.4 Å². The maximum atomic E-state index is 6.57. The number of aryl methyl sites for hydroxylation is 2. The molecule has 0 bridgehead atoms. The lowest BCUT2D eigenvalue weighted by Gasteiger charge is -2.09. The summed E-state index contributed by atoms with van der Waals surface area (Å²) in [4.78, 5) is 0. The quantitative estimate of drug-likeness (QED) is 0.585. The Kier molecular flexibility index (Phi) is 4.03. The van der Waals surface area contributed by atoms with Gasteiger partial charge in [0.25, 0.3) is 0 Å². The van der Waals surface area contributed by atoms with Crippen LogP contribution in [0.2, 0.25) is 0 Å². The van der Waals surface area contributed by atoms with Gasteiger partial charge in [-0.15, -0.1) is 0 Å². The molecule has 0 fully saturated rings. The van der Waals surface area contributed by atoms with Crippen LogP contribution in [-0.4, -0.2) is 8.11 Å². The van der Waals surface area contributed by atoms with Crippen LogP contribution in [0.5, 0.6) is 0 Å². The predicted octanol–water partition coefficient (Wildman–Crippen LogP) is 3.52. The van der Waals surface area contributed by atoms with Gasteiger partial charge in [0.2, 0.25) is 8.11 Å². The van der Waals surface area contributed by atoms with Crippen LogP contribution in [0.1, 0.15) is 16.7 Å². The average molecular weight is 260 g/mol. The Morgan fingerprint density at radius 3 is 2.29 bits per heavy atom. The van der Waals surface area contributed by atoms with Crippen molar-refractivity contribution in [1.29, 1.82) is 0 Å². The van der Waals surface area contributed by atoms with E-state index in [9.17, 15) is 0 Å². The van der Waals surface area contributed by atoms with E-state index in [1.165, 1.54) is 21.9 Å². The molecule has 17 heavy (non-hydrogen) atoms. The fraction of sp³-hybridized carbons (Fsp3) is 0.200. The summed E-state index contributed by atoms with van der Waals surface area (Å²) in [7, 11) is -0.986. The minimum absolute atomic E-state index is 0.982. The molecule has 2 heteroatoms. The van der Waals surface area contributed by atoms with E-state index >= 15 is 0 Å². The zero-order valence-corrected chi connectivity index (χ0v) is 12.0. The van der Waals surface area contributed by atoms with E-state index in [0.29, 0.717) is 0 Å². The highest BCUT2D eigenvalue weighted by Gasteiger charge is 2.12. The first-order chi connectivity index (χ1) is 8.16. The summed E-state index contributed by atoms with van der Waals surface area (Å²) in [5.41, 5.74) is 3.99. The summed E-state index contributed by atoms with van der Waals surface area (Å²) in [6, 6.07) is 18.0. The molecule has 2 rings (SSSR count). The number of rotatable bonds is 3. The second kappa shape index (κ2) is 5.52. The smallest absolute Gasteiger partial charge is 0.162 e. The van der Waals surface area contributed by atoms with Crippen LogP contribution in [0.25, 0.3) is 0 Å². The molecule has 2 aromatic carbocycles. The lowest BCUT2D eigenvalue weighted by atomic mass is 10.1. The zero-order valence-electron chi connectivity index (χ0n) is 10.2. The average Bonchev–Trinajstić information content (AvgIpc) is 2.34. The summed E-state index contributed by atoms with van der Waals surface area (Å²) in [6.07, 6.45) is 0. The number of hydrogen-bond donors (Lipinski definition) is 0. The summed E-state index contributed by atoms with van der Waals surface area (Å²) < 4.78 is 0. The van der Waals surface area contributed by atoms with Crippen molar-refractivity contribution in [3.8, 4) is 0 Å². The maximum absolute atomic E-state index is 6.57. The molecule has 0 nitrogen and oxygen atoms in total. The second-order valence-corrected chi connectivity index (χ2v) is 7.48. The van der Waals surface area contributed by atoms with E-state index in [4.69, 9.17) is 11.1 Å². The van der Waals surface area contributed by atoms with Crippen LogP contribution in [0.15, 0.2) is 48.5 Å². The van der Waals surface area contributed by atoms with Crippen molar-refractivity contribution in [3.63, 3.8) is 0 Å². The summed E-state index contributed by atoms with van der Waals surface area (Å²) in [6.45, 7) is 4.28. The Morgan fingerprint density at radius 1 is 0.941 bits per heavy atom. The first-order valence-electron chi connectivity index (χ1n) is 5.79. The third-order valence-corrected chi connectivity index (χ3v) is 5.73. The van der Waals surface area contributed by atoms with Crippen molar-refractivity contribution in [3.05, 3.63) is 65.2 Å². The Hall–Kier alpha value is -1.05. The van der Waals surface area contributed by atoms with Crippen LogP contribution in [0.4, 0.5) is 0 Å². The minimum atomic E-state index is -0.986. The fourth-order valence-corrected chi connectivity index (χ4v) is 4.04. The molecule has 0 N–H and O–H groups in total. The van der Waals surface area contributed by atoms with Crippen molar-refractivity contribution in [2.45, 2.75) is 19.9 Å². The molecular formula is C15H16ClSi. The van der Waals surface area contributed by atoms with E-state index in [0.717, 1.165) is 6.04 Å². The van der Waals surface area contributed by atoms with Gasteiger partial charge in [-0.1, -0.05) is 48.5 Å². The number of halogens is 1. The third kappa shape index (κ3) is 3.21. The van der Waals surface area contributed by atoms with Gasteiger partial charge < -0.3 is 0 Å². The highest BCUT2D eigenvalue weighted by molar-refractivity contribution is 7.13. The molecule has 0 aliphatic rings. The van der Waals surface area contributed by atoms with E-state index in [1.54, 1.807) is 0 Å². The normalized spacial score (nSPS) is 10.8. The first-order valence-corrected chi connectivity index (χ1v) is 8.51. The molecule has 0 aliphatic heterocycles. The second-order valence-electron chi connectivity index (χ2n) is 4.37. The van der Waals surface area contributed by atoms with E-state index < -0.39 is 8.11 Å². The molecule has 0 atom stereocenters. The summed E-state index contributed by atoms with van der Waals surface area (Å²) in [5.74, 6) is 0. The van der Waals surface area contributed by atoms with Crippen molar-refractivity contribution in [2.75, 3.05) is 0 Å². The van der Waals surface area contributed by atoms with Gasteiger partial charge in [0.05, 0.1) is 0 Å². The van der Waals surface area contributed by atoms with Crippen LogP contribution in [-0.2, 0) is 6.04 Å². The van der Waals surface area contributed by atoms with Crippen molar-refractivity contribution in [2.24, 2.45) is 0 Å². The Balaban J connectivity index is 2.14. The van der Waals surface area contributed by atoms with Crippen molar-refractivity contribution < 1.29 is 0 Å². The topological polar surface area (TPSA) is 0 Å². The molecule has 2 aromatic rings. The highest BCUT2D eigenvalue weighted by Crippen LogP contribution is 2.09. The van der Waals surface area contributed by atoms with E-state index in [1.807, 2.05) is 6.07 Å². The Labute approximate surface area is 110 Å². The largest absolute Gasteiger partial charge is 0.204 e. The van der Waals surface area contributed by atoms with E-state index in [-0.39, 0.29) is 0 Å². The highest BCUT2D eigenvalue weighted by atomic mass is 35.6. The molecule has 0 heterocycles. The SMILES string of the molecule is Cc1ccc([Si](Cl)Cc2ccccc2)cc1C. The van der Waals surface area contributed by atoms with Gasteiger partial charge in [-0.25, -0.2) is 0 Å². The van der Waals surface area contributed by atoms with Crippen LogP contribution >= 0.6 is 11.1 Å². The van der Waals surface area contributed by atoms with Gasteiger partial charge in [0.15, 0.2) is 0 Å². The van der Waals surface area contributed by atoms with Crippen LogP contribution < -0.4 is 5.19 Å². The third-order valence-electron chi connectivity index (χ3n) is 3.02. The molecule has 0 unspecified atom stereocenters. The van der Waals surface area contributed by atoms with Gasteiger partial charge in [-0.05, 0) is 41.8 Å². The van der Waals surface area contributed by atoms with Gasteiger partial charge in [0, 0.05) is 0 Å². The summed E-state index contributed by atoms with van der Waals surface area (Å²) in [5, 5.41) is 1.31. The summed E-state index contributed by atoms with van der Waals surface area (Å²) >= 11 is 6.57. The van der Waals surface area contributed by atoms with Gasteiger partial charge in [0.1, 0.15) is 0 Å².